The van der Waals surface area contributed by atoms with E-state index >= 15 is 0 Å². The Kier molecular flexibility index (Phi) is 3.46. The molecule has 104 valence electrons. The third-order valence-electron chi connectivity index (χ3n) is 3.30. The number of nitrogens with one attached hydrogen (secondary N) is 1. The minimum Gasteiger partial charge on any atom is -0.486 e. The predicted molar refractivity (Wildman–Crippen MR) is 75.9 cm³/mol. The standard InChI is InChI=1S/C16H16FNO2/c1-11(12-2-4-13(17)5-3-12)18-14-6-7-15-16(10-14)20-9-8-19-15/h2-7,10-11,18H,8-9H2,1H3. The van der Waals surface area contributed by atoms with Crippen LogP contribution in [-0.2, 0) is 0 Å². The Hall–Kier alpha value is -2.23. The maximum atomic E-state index is 12.9. The Balaban J connectivity index is 1.75. The molecule has 3 nitrogen and oxygen atoms in total. The number of fused-ring (bicyclic) bond motifs is 1. The van der Waals surface area contributed by atoms with E-state index in [2.05, 4.69) is 5.32 Å². The van der Waals surface area contributed by atoms with E-state index in [0.717, 1.165) is 22.7 Å². The zero-order valence-electron chi connectivity index (χ0n) is 11.2. The summed E-state index contributed by atoms with van der Waals surface area (Å²) in [6.07, 6.45) is 0. The van der Waals surface area contributed by atoms with Crippen molar-refractivity contribution in [1.29, 1.82) is 0 Å². The van der Waals surface area contributed by atoms with Crippen molar-refractivity contribution in [3.8, 4) is 11.5 Å². The smallest absolute Gasteiger partial charge is 0.163 e. The molecule has 2 aromatic carbocycles. The summed E-state index contributed by atoms with van der Waals surface area (Å²) in [5.74, 6) is 1.31. The maximum Gasteiger partial charge on any atom is 0.163 e. The lowest BCUT2D eigenvalue weighted by atomic mass is 10.1. The summed E-state index contributed by atoms with van der Waals surface area (Å²) in [5, 5.41) is 3.37. The summed E-state index contributed by atoms with van der Waals surface area (Å²) in [4.78, 5) is 0. The van der Waals surface area contributed by atoms with E-state index in [1.165, 1.54) is 12.1 Å². The fourth-order valence-electron chi connectivity index (χ4n) is 2.22. The summed E-state index contributed by atoms with van der Waals surface area (Å²) in [7, 11) is 0. The molecule has 0 amide bonds. The molecule has 0 aromatic heterocycles. The van der Waals surface area contributed by atoms with E-state index in [0.29, 0.717) is 13.2 Å². The van der Waals surface area contributed by atoms with Gasteiger partial charge in [0, 0.05) is 17.8 Å². The first kappa shape index (κ1) is 12.8. The van der Waals surface area contributed by atoms with Crippen molar-refractivity contribution < 1.29 is 13.9 Å². The molecular formula is C16H16FNO2. The average Bonchev–Trinajstić information content (AvgIpc) is 2.48. The second-order valence-corrected chi connectivity index (χ2v) is 4.78. The van der Waals surface area contributed by atoms with Gasteiger partial charge in [-0.25, -0.2) is 4.39 Å². The van der Waals surface area contributed by atoms with Gasteiger partial charge in [0.1, 0.15) is 19.0 Å². The van der Waals surface area contributed by atoms with Gasteiger partial charge in [0.15, 0.2) is 11.5 Å². The van der Waals surface area contributed by atoms with E-state index in [1.807, 2.05) is 25.1 Å². The van der Waals surface area contributed by atoms with Crippen LogP contribution in [0.1, 0.15) is 18.5 Å². The molecule has 0 aliphatic carbocycles. The molecule has 1 atom stereocenters. The number of benzene rings is 2. The summed E-state index contributed by atoms with van der Waals surface area (Å²) in [6, 6.07) is 12.4. The number of rotatable bonds is 3. The van der Waals surface area contributed by atoms with E-state index in [-0.39, 0.29) is 11.9 Å². The van der Waals surface area contributed by atoms with Gasteiger partial charge < -0.3 is 14.8 Å². The van der Waals surface area contributed by atoms with Gasteiger partial charge in [-0.05, 0) is 36.8 Å². The first-order valence-corrected chi connectivity index (χ1v) is 6.64. The topological polar surface area (TPSA) is 30.5 Å². The molecule has 0 spiro atoms. The third-order valence-corrected chi connectivity index (χ3v) is 3.30. The highest BCUT2D eigenvalue weighted by Crippen LogP contribution is 2.33. The van der Waals surface area contributed by atoms with Crippen molar-refractivity contribution in [2.45, 2.75) is 13.0 Å². The summed E-state index contributed by atoms with van der Waals surface area (Å²) < 4.78 is 24.0. The van der Waals surface area contributed by atoms with Crippen LogP contribution in [0.3, 0.4) is 0 Å². The quantitative estimate of drug-likeness (QED) is 0.923. The molecule has 1 heterocycles. The van der Waals surface area contributed by atoms with Crippen LogP contribution in [0.5, 0.6) is 11.5 Å². The molecule has 20 heavy (non-hydrogen) atoms. The van der Waals surface area contributed by atoms with Crippen LogP contribution in [0.15, 0.2) is 42.5 Å². The van der Waals surface area contributed by atoms with Crippen molar-refractivity contribution in [3.63, 3.8) is 0 Å². The van der Waals surface area contributed by atoms with Crippen LogP contribution >= 0.6 is 0 Å². The Bertz CT molecular complexity index is 598. The molecule has 1 unspecified atom stereocenters. The SMILES string of the molecule is CC(Nc1ccc2c(c1)OCCO2)c1ccc(F)cc1. The van der Waals surface area contributed by atoms with Gasteiger partial charge >= 0.3 is 0 Å². The Morgan fingerprint density at radius 3 is 2.45 bits per heavy atom. The molecule has 1 aliphatic heterocycles. The lowest BCUT2D eigenvalue weighted by Gasteiger charge is -2.21. The molecule has 0 radical (unpaired) electrons. The van der Waals surface area contributed by atoms with Crippen LogP contribution in [0.2, 0.25) is 0 Å². The molecule has 0 saturated carbocycles. The van der Waals surface area contributed by atoms with Crippen molar-refractivity contribution in [2.75, 3.05) is 18.5 Å². The van der Waals surface area contributed by atoms with Crippen LogP contribution < -0.4 is 14.8 Å². The second-order valence-electron chi connectivity index (χ2n) is 4.78. The molecule has 0 fully saturated rings. The maximum absolute atomic E-state index is 12.9. The first-order valence-electron chi connectivity index (χ1n) is 6.64. The lowest BCUT2D eigenvalue weighted by Crippen LogP contribution is -2.15. The van der Waals surface area contributed by atoms with Crippen LogP contribution in [0.4, 0.5) is 10.1 Å². The summed E-state index contributed by atoms with van der Waals surface area (Å²) >= 11 is 0. The van der Waals surface area contributed by atoms with Crippen LogP contribution in [0.25, 0.3) is 0 Å². The van der Waals surface area contributed by atoms with E-state index in [4.69, 9.17) is 9.47 Å². The second kappa shape index (κ2) is 5.41. The summed E-state index contributed by atoms with van der Waals surface area (Å²) in [6.45, 7) is 3.19. The van der Waals surface area contributed by atoms with E-state index in [1.54, 1.807) is 12.1 Å². The highest BCUT2D eigenvalue weighted by Gasteiger charge is 2.13. The zero-order valence-corrected chi connectivity index (χ0v) is 11.2. The average molecular weight is 273 g/mol. The predicted octanol–water partition coefficient (Wildman–Crippen LogP) is 3.77. The Morgan fingerprint density at radius 2 is 1.70 bits per heavy atom. The molecule has 0 saturated heterocycles. The number of hydrogen-bond acceptors (Lipinski definition) is 3. The third kappa shape index (κ3) is 2.69. The molecule has 4 heteroatoms. The van der Waals surface area contributed by atoms with Gasteiger partial charge in [0.05, 0.1) is 0 Å². The molecule has 2 aromatic rings. The van der Waals surface area contributed by atoms with Crippen LogP contribution in [-0.4, -0.2) is 13.2 Å². The first-order chi connectivity index (χ1) is 9.72. The Labute approximate surface area is 117 Å². The van der Waals surface area contributed by atoms with Gasteiger partial charge in [-0.2, -0.15) is 0 Å². The molecule has 1 aliphatic rings. The molecular weight excluding hydrogens is 257 g/mol. The van der Waals surface area contributed by atoms with Crippen molar-refractivity contribution in [3.05, 3.63) is 53.8 Å². The van der Waals surface area contributed by atoms with Gasteiger partial charge in [-0.1, -0.05) is 12.1 Å². The molecule has 0 bridgehead atoms. The number of halogens is 1. The van der Waals surface area contributed by atoms with E-state index in [9.17, 15) is 4.39 Å². The highest BCUT2D eigenvalue weighted by atomic mass is 19.1. The number of anilines is 1. The number of ether oxygens (including phenoxy) is 2. The van der Waals surface area contributed by atoms with Gasteiger partial charge in [0.2, 0.25) is 0 Å². The molecule has 3 rings (SSSR count). The van der Waals surface area contributed by atoms with Crippen LogP contribution in [0, 0.1) is 5.82 Å². The monoisotopic (exact) mass is 273 g/mol. The zero-order chi connectivity index (χ0) is 13.9. The fraction of sp³-hybridized carbons (Fsp3) is 0.250. The van der Waals surface area contributed by atoms with E-state index < -0.39 is 0 Å². The minimum absolute atomic E-state index is 0.0816. The van der Waals surface area contributed by atoms with Gasteiger partial charge in [0.25, 0.3) is 0 Å². The Morgan fingerprint density at radius 1 is 1.00 bits per heavy atom. The minimum atomic E-state index is -0.222. The van der Waals surface area contributed by atoms with Crippen molar-refractivity contribution in [2.24, 2.45) is 0 Å². The van der Waals surface area contributed by atoms with Crippen molar-refractivity contribution in [1.82, 2.24) is 0 Å². The van der Waals surface area contributed by atoms with Crippen molar-refractivity contribution >= 4 is 5.69 Å². The number of hydrogen-bond donors (Lipinski definition) is 1. The summed E-state index contributed by atoms with van der Waals surface area (Å²) in [5.41, 5.74) is 1.98. The highest BCUT2D eigenvalue weighted by molar-refractivity contribution is 5.56. The largest absolute Gasteiger partial charge is 0.486 e. The van der Waals surface area contributed by atoms with Gasteiger partial charge in [-0.3, -0.25) is 0 Å². The van der Waals surface area contributed by atoms with Gasteiger partial charge in [-0.15, -0.1) is 0 Å². The lowest BCUT2D eigenvalue weighted by molar-refractivity contribution is 0.171. The fourth-order valence-corrected chi connectivity index (χ4v) is 2.22. The molecule has 1 N–H and O–H groups in total. The normalized spacial score (nSPS) is 14.7.